The summed E-state index contributed by atoms with van der Waals surface area (Å²) in [5.41, 5.74) is 1.93. The molecule has 1 fully saturated rings. The molecule has 3 heterocycles. The van der Waals surface area contributed by atoms with Crippen molar-refractivity contribution in [3.63, 3.8) is 0 Å². The zero-order chi connectivity index (χ0) is 17.9. The molecule has 1 aromatic carbocycles. The molecule has 4 rings (SSSR count). The molecule has 1 saturated heterocycles. The number of thiophene rings is 1. The van der Waals surface area contributed by atoms with Gasteiger partial charge in [-0.25, -0.2) is 4.79 Å². The van der Waals surface area contributed by atoms with Crippen LogP contribution in [0.25, 0.3) is 10.8 Å². The molecule has 1 atom stereocenters. The molecular weight excluding hydrogens is 348 g/mol. The number of amides is 2. The van der Waals surface area contributed by atoms with Crippen LogP contribution in [0.4, 0.5) is 10.5 Å². The van der Waals surface area contributed by atoms with Crippen molar-refractivity contribution >= 4 is 23.1 Å². The fourth-order valence-corrected chi connectivity index (χ4v) is 3.83. The number of hydrogen-bond acceptors (Lipinski definition) is 5. The lowest BCUT2D eigenvalue weighted by Crippen LogP contribution is -2.41. The Bertz CT molecular complexity index is 891. The molecule has 7 heteroatoms. The maximum absolute atomic E-state index is 12.6. The van der Waals surface area contributed by atoms with Crippen LogP contribution in [-0.4, -0.2) is 34.2 Å². The molecule has 2 amide bonds. The number of aryl methyl sites for hydroxylation is 1. The summed E-state index contributed by atoms with van der Waals surface area (Å²) in [4.78, 5) is 15.4. The van der Waals surface area contributed by atoms with Gasteiger partial charge in [0.15, 0.2) is 0 Å². The topological polar surface area (TPSA) is 71.3 Å². The fourth-order valence-electron chi connectivity index (χ4n) is 3.19. The van der Waals surface area contributed by atoms with Gasteiger partial charge in [0, 0.05) is 18.8 Å². The normalized spacial score (nSPS) is 17.3. The van der Waals surface area contributed by atoms with Gasteiger partial charge in [-0.2, -0.15) is 0 Å². The van der Waals surface area contributed by atoms with Crippen molar-refractivity contribution in [2.45, 2.75) is 25.7 Å². The minimum atomic E-state index is -0.0849. The third-order valence-corrected chi connectivity index (χ3v) is 5.36. The smallest absolute Gasteiger partial charge is 0.321 e. The van der Waals surface area contributed by atoms with E-state index in [2.05, 4.69) is 15.5 Å². The average molecular weight is 368 g/mol. The first-order valence-corrected chi connectivity index (χ1v) is 9.57. The molecule has 0 aliphatic carbocycles. The van der Waals surface area contributed by atoms with E-state index in [-0.39, 0.29) is 11.9 Å². The Morgan fingerprint density at radius 3 is 3.04 bits per heavy atom. The van der Waals surface area contributed by atoms with Crippen LogP contribution in [0, 0.1) is 6.92 Å². The Kier molecular flexibility index (Phi) is 4.71. The number of carbonyl (C=O) groups is 1. The number of aromatic nitrogens is 2. The first-order chi connectivity index (χ1) is 12.7. The highest BCUT2D eigenvalue weighted by molar-refractivity contribution is 7.13. The summed E-state index contributed by atoms with van der Waals surface area (Å²) in [5.74, 6) is 1.24. The van der Waals surface area contributed by atoms with Crippen LogP contribution in [0.2, 0.25) is 0 Å². The number of hydrogen-bond donors (Lipinski definition) is 1. The molecule has 6 nitrogen and oxygen atoms in total. The van der Waals surface area contributed by atoms with Crippen molar-refractivity contribution in [3.8, 4) is 10.8 Å². The van der Waals surface area contributed by atoms with Crippen molar-refractivity contribution in [2.24, 2.45) is 0 Å². The highest BCUT2D eigenvalue weighted by Gasteiger charge is 2.28. The van der Waals surface area contributed by atoms with E-state index in [0.29, 0.717) is 18.3 Å². The van der Waals surface area contributed by atoms with E-state index in [4.69, 9.17) is 4.42 Å². The van der Waals surface area contributed by atoms with E-state index < -0.39 is 0 Å². The van der Waals surface area contributed by atoms with Crippen LogP contribution in [0.5, 0.6) is 0 Å². The Hall–Kier alpha value is -2.67. The van der Waals surface area contributed by atoms with Gasteiger partial charge >= 0.3 is 6.03 Å². The molecule has 0 unspecified atom stereocenters. The maximum Gasteiger partial charge on any atom is 0.321 e. The van der Waals surface area contributed by atoms with Gasteiger partial charge in [-0.1, -0.05) is 18.2 Å². The second kappa shape index (κ2) is 7.29. The van der Waals surface area contributed by atoms with Crippen LogP contribution in [0.3, 0.4) is 0 Å². The Labute approximate surface area is 155 Å². The van der Waals surface area contributed by atoms with Crippen molar-refractivity contribution in [1.82, 2.24) is 15.1 Å². The first-order valence-electron chi connectivity index (χ1n) is 8.69. The molecule has 3 aromatic rings. The predicted molar refractivity (Wildman–Crippen MR) is 101 cm³/mol. The number of anilines is 1. The van der Waals surface area contributed by atoms with E-state index in [1.165, 1.54) is 0 Å². The fraction of sp³-hybridized carbons (Fsp3) is 0.316. The lowest BCUT2D eigenvalue weighted by molar-refractivity contribution is 0.187. The summed E-state index contributed by atoms with van der Waals surface area (Å²) in [6.07, 6.45) is 1.86. The third-order valence-electron chi connectivity index (χ3n) is 4.50. The monoisotopic (exact) mass is 368 g/mol. The van der Waals surface area contributed by atoms with Crippen molar-refractivity contribution in [3.05, 3.63) is 53.2 Å². The number of nitrogens with zero attached hydrogens (tertiary/aromatic N) is 3. The Morgan fingerprint density at radius 1 is 1.31 bits per heavy atom. The van der Waals surface area contributed by atoms with Gasteiger partial charge in [-0.3, -0.25) is 0 Å². The lowest BCUT2D eigenvalue weighted by Gasteiger charge is -2.31. The molecule has 1 aliphatic rings. The molecule has 0 bridgehead atoms. The quantitative estimate of drug-likeness (QED) is 0.738. The summed E-state index contributed by atoms with van der Waals surface area (Å²) in [7, 11) is 0. The van der Waals surface area contributed by atoms with Gasteiger partial charge in [0.1, 0.15) is 0 Å². The van der Waals surface area contributed by atoms with E-state index in [1.54, 1.807) is 11.3 Å². The van der Waals surface area contributed by atoms with Crippen molar-refractivity contribution in [1.29, 1.82) is 0 Å². The summed E-state index contributed by atoms with van der Waals surface area (Å²) in [6.45, 7) is 3.33. The van der Waals surface area contributed by atoms with E-state index in [0.717, 1.165) is 35.5 Å². The number of nitrogens with one attached hydrogen (secondary N) is 1. The van der Waals surface area contributed by atoms with Crippen LogP contribution < -0.4 is 5.32 Å². The van der Waals surface area contributed by atoms with Crippen molar-refractivity contribution in [2.75, 3.05) is 18.4 Å². The van der Waals surface area contributed by atoms with Crippen molar-refractivity contribution < 1.29 is 9.21 Å². The zero-order valence-corrected chi connectivity index (χ0v) is 15.3. The number of urea groups is 1. The summed E-state index contributed by atoms with van der Waals surface area (Å²) in [5, 5.41) is 13.3. The predicted octanol–water partition coefficient (Wildman–Crippen LogP) is 4.52. The largest absolute Gasteiger partial charge is 0.420 e. The molecule has 134 valence electrons. The van der Waals surface area contributed by atoms with E-state index in [1.807, 2.05) is 53.6 Å². The minimum Gasteiger partial charge on any atom is -0.420 e. The van der Waals surface area contributed by atoms with Gasteiger partial charge in [-0.15, -0.1) is 21.5 Å². The molecule has 0 spiro atoms. The highest BCUT2D eigenvalue weighted by atomic mass is 32.1. The number of rotatable bonds is 3. The molecule has 26 heavy (non-hydrogen) atoms. The minimum absolute atomic E-state index is 0.0771. The summed E-state index contributed by atoms with van der Waals surface area (Å²) in [6, 6.07) is 11.6. The van der Waals surface area contributed by atoms with Crippen LogP contribution in [0.15, 0.2) is 46.2 Å². The van der Waals surface area contributed by atoms with E-state index in [9.17, 15) is 4.79 Å². The third kappa shape index (κ3) is 3.62. The van der Waals surface area contributed by atoms with E-state index >= 15 is 0 Å². The molecular formula is C19H20N4O2S. The Morgan fingerprint density at radius 2 is 2.23 bits per heavy atom. The maximum atomic E-state index is 12.6. The number of likely N-dealkylation sites (tertiary alicyclic amines) is 1. The van der Waals surface area contributed by atoms with Gasteiger partial charge in [0.25, 0.3) is 5.89 Å². The first kappa shape index (κ1) is 16.8. The zero-order valence-electron chi connectivity index (χ0n) is 14.5. The number of carbonyl (C=O) groups excluding carboxylic acids is 1. The second-order valence-electron chi connectivity index (χ2n) is 6.51. The molecule has 0 radical (unpaired) electrons. The molecule has 1 N–H and O–H groups in total. The van der Waals surface area contributed by atoms with Gasteiger partial charge in [0.05, 0.1) is 10.8 Å². The SMILES string of the molecule is Cc1cccc(NC(=O)N2CCC[C@H](c3nnc(-c4cccs4)o3)C2)c1. The standard InChI is InChI=1S/C19H20N4O2S/c1-13-5-2-7-15(11-13)20-19(24)23-9-3-6-14(12-23)17-21-22-18(25-17)16-8-4-10-26-16/h2,4-5,7-8,10-11,14H,3,6,9,12H2,1H3,(H,20,24)/t14-/m0/s1. The molecule has 1 aliphatic heterocycles. The van der Waals surface area contributed by atoms with Crippen LogP contribution in [0.1, 0.15) is 30.2 Å². The number of piperidine rings is 1. The lowest BCUT2D eigenvalue weighted by atomic mass is 9.98. The molecule has 2 aromatic heterocycles. The number of benzene rings is 1. The average Bonchev–Trinajstić information content (AvgIpc) is 3.33. The summed E-state index contributed by atoms with van der Waals surface area (Å²) < 4.78 is 5.86. The van der Waals surface area contributed by atoms with Gasteiger partial charge < -0.3 is 14.6 Å². The van der Waals surface area contributed by atoms with Gasteiger partial charge in [-0.05, 0) is 48.9 Å². The Balaban J connectivity index is 1.43. The second-order valence-corrected chi connectivity index (χ2v) is 7.46. The van der Waals surface area contributed by atoms with Crippen LogP contribution in [-0.2, 0) is 0 Å². The van der Waals surface area contributed by atoms with Crippen LogP contribution >= 0.6 is 11.3 Å². The summed E-state index contributed by atoms with van der Waals surface area (Å²) >= 11 is 1.57. The molecule has 0 saturated carbocycles. The van der Waals surface area contributed by atoms with Gasteiger partial charge in [0.2, 0.25) is 5.89 Å². The highest BCUT2D eigenvalue weighted by Crippen LogP contribution is 2.30.